The van der Waals surface area contributed by atoms with Crippen LogP contribution in [0, 0.1) is 27.7 Å². The number of ether oxygens (including phenoxy) is 1. The molecule has 3 aromatic rings. The van der Waals surface area contributed by atoms with E-state index in [0.29, 0.717) is 17.9 Å². The molecule has 0 unspecified atom stereocenters. The van der Waals surface area contributed by atoms with E-state index >= 15 is 0 Å². The van der Waals surface area contributed by atoms with Gasteiger partial charge >= 0.3 is 0 Å². The lowest BCUT2D eigenvalue weighted by Gasteiger charge is -2.27. The maximum Gasteiger partial charge on any atom is 0.271 e. The summed E-state index contributed by atoms with van der Waals surface area (Å²) in [5, 5.41) is 11.1. The van der Waals surface area contributed by atoms with E-state index in [1.54, 1.807) is 19.9 Å². The molecule has 0 radical (unpaired) electrons. The van der Waals surface area contributed by atoms with Gasteiger partial charge in [0.15, 0.2) is 23.0 Å². The highest BCUT2D eigenvalue weighted by atomic mass is 19.1. The van der Waals surface area contributed by atoms with Gasteiger partial charge in [-0.1, -0.05) is 13.8 Å². The van der Waals surface area contributed by atoms with Gasteiger partial charge < -0.3 is 9.30 Å². The molecule has 8 heteroatoms. The fourth-order valence-corrected chi connectivity index (χ4v) is 3.12. The maximum atomic E-state index is 14.1. The zero-order chi connectivity index (χ0) is 20.6. The number of halogens is 2. The minimum atomic E-state index is -1.07. The highest BCUT2D eigenvalue weighted by Crippen LogP contribution is 2.33. The third-order valence-corrected chi connectivity index (χ3v) is 4.29. The molecule has 0 saturated heterocycles. The van der Waals surface area contributed by atoms with Crippen molar-refractivity contribution in [2.24, 2.45) is 5.92 Å². The first-order valence-electron chi connectivity index (χ1n) is 8.87. The number of aromatic nitrogens is 2. The van der Waals surface area contributed by atoms with Crippen LogP contribution in [0.2, 0.25) is 0 Å². The Bertz CT molecular complexity index is 1040. The van der Waals surface area contributed by atoms with Crippen molar-refractivity contribution in [2.75, 3.05) is 0 Å². The molecule has 0 fully saturated rings. The number of imidazole rings is 1. The molecule has 28 heavy (non-hydrogen) atoms. The smallest absolute Gasteiger partial charge is 0.271 e. The topological polar surface area (TPSA) is 70.2 Å². The van der Waals surface area contributed by atoms with Crippen LogP contribution < -0.4 is 4.74 Å². The number of benzene rings is 2. The fraction of sp³-hybridized carbons (Fsp3) is 0.350. The molecule has 3 rings (SSSR count). The van der Waals surface area contributed by atoms with E-state index in [0.717, 1.165) is 17.6 Å². The Morgan fingerprint density at radius 1 is 1.21 bits per heavy atom. The highest BCUT2D eigenvalue weighted by Gasteiger charge is 2.31. The van der Waals surface area contributed by atoms with E-state index in [9.17, 15) is 18.9 Å². The average Bonchev–Trinajstić information content (AvgIpc) is 2.95. The quantitative estimate of drug-likeness (QED) is 0.430. The van der Waals surface area contributed by atoms with Crippen LogP contribution in [0.3, 0.4) is 0 Å². The molecule has 6 nitrogen and oxygen atoms in total. The summed E-state index contributed by atoms with van der Waals surface area (Å²) >= 11 is 0. The van der Waals surface area contributed by atoms with E-state index in [1.165, 1.54) is 18.2 Å². The monoisotopic (exact) mass is 389 g/mol. The Labute approximate surface area is 160 Å². The first kappa shape index (κ1) is 19.7. The van der Waals surface area contributed by atoms with Crippen LogP contribution in [0.15, 0.2) is 36.4 Å². The SMILES string of the molecule is CC(C)Cn1c(C(C)(C)Oc2ccc(F)cc2F)nc2cc([N+](=O)[O-])ccc21. The molecule has 148 valence electrons. The summed E-state index contributed by atoms with van der Waals surface area (Å²) in [6.07, 6.45) is 0. The molecule has 0 atom stereocenters. The van der Waals surface area contributed by atoms with Crippen LogP contribution >= 0.6 is 0 Å². The summed E-state index contributed by atoms with van der Waals surface area (Å²) in [6.45, 7) is 8.12. The molecule has 0 aliphatic heterocycles. The number of rotatable bonds is 6. The summed E-state index contributed by atoms with van der Waals surface area (Å²) < 4.78 is 35.0. The standard InChI is InChI=1S/C20H21F2N3O3/c1-12(2)11-24-17-7-6-14(25(26)27)10-16(17)23-19(24)20(3,4)28-18-8-5-13(21)9-15(18)22/h5-10,12H,11H2,1-4H3. The minimum Gasteiger partial charge on any atom is -0.477 e. The second kappa shape index (κ2) is 7.18. The molecular formula is C20H21F2N3O3. The van der Waals surface area contributed by atoms with Crippen LogP contribution in [0.5, 0.6) is 5.75 Å². The molecule has 0 bridgehead atoms. The summed E-state index contributed by atoms with van der Waals surface area (Å²) in [7, 11) is 0. The van der Waals surface area contributed by atoms with Gasteiger partial charge in [-0.05, 0) is 38.0 Å². The Balaban J connectivity index is 2.11. The molecule has 1 heterocycles. The van der Waals surface area contributed by atoms with Crippen molar-refractivity contribution < 1.29 is 18.4 Å². The van der Waals surface area contributed by atoms with Gasteiger partial charge in [0.25, 0.3) is 5.69 Å². The number of hydrogen-bond acceptors (Lipinski definition) is 4. The first-order valence-corrected chi connectivity index (χ1v) is 8.87. The van der Waals surface area contributed by atoms with Crippen molar-refractivity contribution in [1.29, 1.82) is 0 Å². The van der Waals surface area contributed by atoms with Crippen molar-refractivity contribution in [3.63, 3.8) is 0 Å². The maximum absolute atomic E-state index is 14.1. The molecule has 2 aromatic carbocycles. The van der Waals surface area contributed by atoms with Crippen molar-refractivity contribution >= 4 is 16.7 Å². The third kappa shape index (κ3) is 3.81. The van der Waals surface area contributed by atoms with E-state index in [2.05, 4.69) is 4.98 Å². The second-order valence-corrected chi connectivity index (χ2v) is 7.56. The predicted molar refractivity (Wildman–Crippen MR) is 101 cm³/mol. The van der Waals surface area contributed by atoms with Crippen molar-refractivity contribution in [3.8, 4) is 5.75 Å². The highest BCUT2D eigenvalue weighted by molar-refractivity contribution is 5.79. The summed E-state index contributed by atoms with van der Waals surface area (Å²) in [4.78, 5) is 15.2. The molecule has 0 aliphatic rings. The van der Waals surface area contributed by atoms with Crippen LogP contribution in [0.25, 0.3) is 11.0 Å². The van der Waals surface area contributed by atoms with E-state index in [4.69, 9.17) is 4.74 Å². The Kier molecular flexibility index (Phi) is 5.06. The van der Waals surface area contributed by atoms with Crippen LogP contribution in [-0.4, -0.2) is 14.5 Å². The molecule has 0 N–H and O–H groups in total. The minimum absolute atomic E-state index is 0.0587. The Morgan fingerprint density at radius 2 is 1.93 bits per heavy atom. The normalized spacial score (nSPS) is 12.0. The number of non-ortho nitro benzene ring substituents is 1. The van der Waals surface area contributed by atoms with Crippen molar-refractivity contribution in [3.05, 3.63) is 64.0 Å². The van der Waals surface area contributed by atoms with Crippen LogP contribution in [0.1, 0.15) is 33.5 Å². The molecular weight excluding hydrogens is 368 g/mol. The summed E-state index contributed by atoms with van der Waals surface area (Å²) in [5.74, 6) is -0.831. The lowest BCUT2D eigenvalue weighted by molar-refractivity contribution is -0.384. The Hall–Kier alpha value is -3.03. The van der Waals surface area contributed by atoms with Gasteiger partial charge in [-0.25, -0.2) is 13.8 Å². The zero-order valence-corrected chi connectivity index (χ0v) is 16.1. The van der Waals surface area contributed by atoms with Gasteiger partial charge in [-0.2, -0.15) is 0 Å². The van der Waals surface area contributed by atoms with Gasteiger partial charge in [0.2, 0.25) is 0 Å². The van der Waals surface area contributed by atoms with Crippen LogP contribution in [0.4, 0.5) is 14.5 Å². The first-order chi connectivity index (χ1) is 13.1. The summed E-state index contributed by atoms with van der Waals surface area (Å²) in [5.41, 5.74) is 0.0599. The van der Waals surface area contributed by atoms with Crippen molar-refractivity contribution in [1.82, 2.24) is 9.55 Å². The van der Waals surface area contributed by atoms with E-state index in [-0.39, 0.29) is 17.4 Å². The van der Waals surface area contributed by atoms with Crippen molar-refractivity contribution in [2.45, 2.75) is 39.8 Å². The predicted octanol–water partition coefficient (Wildman–Crippen LogP) is 5.19. The van der Waals surface area contributed by atoms with Gasteiger partial charge in [0.1, 0.15) is 5.82 Å². The third-order valence-electron chi connectivity index (χ3n) is 4.29. The second-order valence-electron chi connectivity index (χ2n) is 7.56. The van der Waals surface area contributed by atoms with Gasteiger partial charge in [-0.3, -0.25) is 10.1 Å². The number of hydrogen-bond donors (Lipinski definition) is 0. The molecule has 0 aliphatic carbocycles. The molecule has 0 amide bonds. The number of nitrogens with zero attached hydrogens (tertiary/aromatic N) is 3. The molecule has 1 aromatic heterocycles. The van der Waals surface area contributed by atoms with Gasteiger partial charge in [0.05, 0.1) is 16.0 Å². The van der Waals surface area contributed by atoms with Crippen LogP contribution in [-0.2, 0) is 12.1 Å². The van der Waals surface area contributed by atoms with E-state index in [1.807, 2.05) is 18.4 Å². The van der Waals surface area contributed by atoms with Gasteiger partial charge in [0, 0.05) is 24.7 Å². The largest absolute Gasteiger partial charge is 0.477 e. The number of fused-ring (bicyclic) bond motifs is 1. The molecule has 0 saturated carbocycles. The zero-order valence-electron chi connectivity index (χ0n) is 16.1. The Morgan fingerprint density at radius 3 is 2.54 bits per heavy atom. The van der Waals surface area contributed by atoms with E-state index < -0.39 is 22.2 Å². The number of nitro groups is 1. The summed E-state index contributed by atoms with van der Waals surface area (Å²) in [6, 6.07) is 7.59. The lowest BCUT2D eigenvalue weighted by atomic mass is 10.1. The van der Waals surface area contributed by atoms with Gasteiger partial charge in [-0.15, -0.1) is 0 Å². The average molecular weight is 389 g/mol. The lowest BCUT2D eigenvalue weighted by Crippen LogP contribution is -2.30. The molecule has 0 spiro atoms. The number of nitro benzene ring substituents is 1. The fourth-order valence-electron chi connectivity index (χ4n) is 3.12.